The maximum atomic E-state index is 6.25. The number of hydrogen-bond acceptors (Lipinski definition) is 2. The third-order valence-corrected chi connectivity index (χ3v) is 3.74. The van der Waals surface area contributed by atoms with Gasteiger partial charge in [-0.1, -0.05) is 42.3 Å². The van der Waals surface area contributed by atoms with Gasteiger partial charge in [-0.05, 0) is 42.3 Å². The summed E-state index contributed by atoms with van der Waals surface area (Å²) in [4.78, 5) is 2.23. The van der Waals surface area contributed by atoms with E-state index in [-0.39, 0.29) is 0 Å². The first-order valence-corrected chi connectivity index (χ1v) is 7.40. The first-order chi connectivity index (χ1) is 9.61. The Kier molecular flexibility index (Phi) is 5.16. The summed E-state index contributed by atoms with van der Waals surface area (Å²) in [7, 11) is 0. The molecule has 0 amide bonds. The Hall–Kier alpha value is -1.38. The van der Waals surface area contributed by atoms with Crippen LogP contribution in [0.2, 0.25) is 10.0 Å². The molecule has 0 aliphatic carbocycles. The summed E-state index contributed by atoms with van der Waals surface area (Å²) >= 11 is 12.3. The van der Waals surface area contributed by atoms with Crippen molar-refractivity contribution >= 4 is 34.6 Å². The number of anilines is 2. The van der Waals surface area contributed by atoms with Crippen molar-refractivity contribution in [2.45, 2.75) is 19.9 Å². The fraction of sp³-hybridized carbons (Fsp3) is 0.250. The van der Waals surface area contributed by atoms with E-state index < -0.39 is 0 Å². The van der Waals surface area contributed by atoms with Gasteiger partial charge in [0.05, 0.1) is 11.4 Å². The first-order valence-electron chi connectivity index (χ1n) is 6.65. The SMILES string of the molecule is CCCN(Cc1cc(Cl)ccc1Cl)c1ccccc1N. The molecule has 0 saturated carbocycles. The van der Waals surface area contributed by atoms with Gasteiger partial charge in [0.15, 0.2) is 0 Å². The van der Waals surface area contributed by atoms with Crippen LogP contribution in [0.4, 0.5) is 11.4 Å². The molecule has 0 aromatic heterocycles. The van der Waals surface area contributed by atoms with Crippen molar-refractivity contribution in [2.75, 3.05) is 17.2 Å². The summed E-state index contributed by atoms with van der Waals surface area (Å²) in [5.74, 6) is 0. The van der Waals surface area contributed by atoms with Crippen molar-refractivity contribution in [1.82, 2.24) is 0 Å². The summed E-state index contributed by atoms with van der Waals surface area (Å²) in [5.41, 5.74) is 8.89. The average Bonchev–Trinajstić information content (AvgIpc) is 2.43. The van der Waals surface area contributed by atoms with Crippen LogP contribution in [0.1, 0.15) is 18.9 Å². The molecular weight excluding hydrogens is 291 g/mol. The molecule has 0 fully saturated rings. The Bertz CT molecular complexity index is 584. The van der Waals surface area contributed by atoms with E-state index >= 15 is 0 Å². The first kappa shape index (κ1) is 15.0. The van der Waals surface area contributed by atoms with Gasteiger partial charge in [-0.15, -0.1) is 0 Å². The molecule has 2 aromatic rings. The second-order valence-electron chi connectivity index (χ2n) is 4.72. The van der Waals surface area contributed by atoms with Crippen LogP contribution in [0.25, 0.3) is 0 Å². The van der Waals surface area contributed by atoms with Gasteiger partial charge in [0.1, 0.15) is 0 Å². The van der Waals surface area contributed by atoms with Crippen LogP contribution >= 0.6 is 23.2 Å². The lowest BCUT2D eigenvalue weighted by Crippen LogP contribution is -2.24. The van der Waals surface area contributed by atoms with E-state index in [9.17, 15) is 0 Å². The molecule has 0 aliphatic heterocycles. The second-order valence-corrected chi connectivity index (χ2v) is 5.56. The minimum absolute atomic E-state index is 0.696. The van der Waals surface area contributed by atoms with E-state index in [0.717, 1.165) is 34.9 Å². The van der Waals surface area contributed by atoms with E-state index in [1.54, 1.807) is 6.07 Å². The summed E-state index contributed by atoms with van der Waals surface area (Å²) in [6, 6.07) is 13.4. The molecule has 0 aliphatic rings. The minimum atomic E-state index is 0.696. The lowest BCUT2D eigenvalue weighted by atomic mass is 10.1. The predicted octanol–water partition coefficient (Wildman–Crippen LogP) is 4.99. The fourth-order valence-electron chi connectivity index (χ4n) is 2.20. The number of nitrogens with two attached hydrogens (primary N) is 1. The summed E-state index contributed by atoms with van der Waals surface area (Å²) in [6.07, 6.45) is 1.03. The molecule has 2 rings (SSSR count). The molecule has 0 atom stereocenters. The number of halogens is 2. The van der Waals surface area contributed by atoms with Gasteiger partial charge in [0, 0.05) is 23.1 Å². The monoisotopic (exact) mass is 308 g/mol. The highest BCUT2D eigenvalue weighted by molar-refractivity contribution is 6.33. The third-order valence-electron chi connectivity index (χ3n) is 3.14. The smallest absolute Gasteiger partial charge is 0.0602 e. The number of para-hydroxylation sites is 2. The van der Waals surface area contributed by atoms with Crippen molar-refractivity contribution in [2.24, 2.45) is 0 Å². The third kappa shape index (κ3) is 3.59. The molecule has 0 unspecified atom stereocenters. The van der Waals surface area contributed by atoms with Gasteiger partial charge < -0.3 is 10.6 Å². The van der Waals surface area contributed by atoms with E-state index in [1.165, 1.54) is 0 Å². The number of nitrogens with zero attached hydrogens (tertiary/aromatic N) is 1. The van der Waals surface area contributed by atoms with Crippen LogP contribution in [-0.2, 0) is 6.54 Å². The Morgan fingerprint density at radius 3 is 2.55 bits per heavy atom. The predicted molar refractivity (Wildman–Crippen MR) is 88.7 cm³/mol. The maximum absolute atomic E-state index is 6.25. The van der Waals surface area contributed by atoms with Crippen LogP contribution in [0.15, 0.2) is 42.5 Å². The van der Waals surface area contributed by atoms with E-state index in [4.69, 9.17) is 28.9 Å². The summed E-state index contributed by atoms with van der Waals surface area (Å²) in [6.45, 7) is 3.75. The molecule has 0 saturated heterocycles. The average molecular weight is 309 g/mol. The lowest BCUT2D eigenvalue weighted by molar-refractivity contribution is 0.768. The van der Waals surface area contributed by atoms with Gasteiger partial charge in [-0.3, -0.25) is 0 Å². The van der Waals surface area contributed by atoms with Gasteiger partial charge >= 0.3 is 0 Å². The lowest BCUT2D eigenvalue weighted by Gasteiger charge is -2.26. The summed E-state index contributed by atoms with van der Waals surface area (Å²) in [5, 5.41) is 1.42. The number of benzene rings is 2. The molecule has 0 bridgehead atoms. The van der Waals surface area contributed by atoms with Crippen molar-refractivity contribution in [3.8, 4) is 0 Å². The molecule has 2 N–H and O–H groups in total. The number of nitrogen functional groups attached to an aromatic ring is 1. The largest absolute Gasteiger partial charge is 0.397 e. The highest BCUT2D eigenvalue weighted by Gasteiger charge is 2.11. The maximum Gasteiger partial charge on any atom is 0.0602 e. The van der Waals surface area contributed by atoms with Crippen molar-refractivity contribution in [3.05, 3.63) is 58.1 Å². The van der Waals surface area contributed by atoms with Gasteiger partial charge in [-0.2, -0.15) is 0 Å². The van der Waals surface area contributed by atoms with Crippen LogP contribution < -0.4 is 10.6 Å². The van der Waals surface area contributed by atoms with Crippen LogP contribution in [0, 0.1) is 0 Å². The van der Waals surface area contributed by atoms with Crippen molar-refractivity contribution < 1.29 is 0 Å². The zero-order chi connectivity index (χ0) is 14.5. The topological polar surface area (TPSA) is 29.3 Å². The van der Waals surface area contributed by atoms with E-state index in [2.05, 4.69) is 11.8 Å². The molecule has 0 spiro atoms. The highest BCUT2D eigenvalue weighted by atomic mass is 35.5. The molecule has 4 heteroatoms. The Labute approximate surface area is 130 Å². The van der Waals surface area contributed by atoms with Crippen LogP contribution in [0.3, 0.4) is 0 Å². The van der Waals surface area contributed by atoms with Gasteiger partial charge in [0.25, 0.3) is 0 Å². The number of rotatable bonds is 5. The second kappa shape index (κ2) is 6.87. The van der Waals surface area contributed by atoms with Crippen LogP contribution in [0.5, 0.6) is 0 Å². The molecular formula is C16H18Cl2N2. The number of hydrogen-bond donors (Lipinski definition) is 1. The normalized spacial score (nSPS) is 10.6. The van der Waals surface area contributed by atoms with E-state index in [0.29, 0.717) is 11.6 Å². The van der Waals surface area contributed by atoms with Gasteiger partial charge in [-0.25, -0.2) is 0 Å². The quantitative estimate of drug-likeness (QED) is 0.788. The van der Waals surface area contributed by atoms with Crippen molar-refractivity contribution in [1.29, 1.82) is 0 Å². The zero-order valence-corrected chi connectivity index (χ0v) is 13.0. The molecule has 0 heterocycles. The molecule has 2 nitrogen and oxygen atoms in total. The fourth-order valence-corrected chi connectivity index (χ4v) is 2.57. The summed E-state index contributed by atoms with van der Waals surface area (Å²) < 4.78 is 0. The Balaban J connectivity index is 2.30. The minimum Gasteiger partial charge on any atom is -0.397 e. The Morgan fingerprint density at radius 2 is 1.85 bits per heavy atom. The van der Waals surface area contributed by atoms with Crippen molar-refractivity contribution in [3.63, 3.8) is 0 Å². The zero-order valence-electron chi connectivity index (χ0n) is 11.4. The molecule has 0 radical (unpaired) electrons. The molecule has 106 valence electrons. The van der Waals surface area contributed by atoms with Crippen LogP contribution in [-0.4, -0.2) is 6.54 Å². The standard InChI is InChI=1S/C16H18Cl2N2/c1-2-9-20(16-6-4-3-5-15(16)19)11-12-10-13(17)7-8-14(12)18/h3-8,10H,2,9,11,19H2,1H3. The van der Waals surface area contributed by atoms with E-state index in [1.807, 2.05) is 36.4 Å². The molecule has 2 aromatic carbocycles. The molecule has 20 heavy (non-hydrogen) atoms. The highest BCUT2D eigenvalue weighted by Crippen LogP contribution is 2.28. The Morgan fingerprint density at radius 1 is 1.10 bits per heavy atom. The van der Waals surface area contributed by atoms with Gasteiger partial charge in [0.2, 0.25) is 0 Å².